The fourth-order valence-corrected chi connectivity index (χ4v) is 6.63. The van der Waals surface area contributed by atoms with Crippen LogP contribution in [0, 0.1) is 0 Å². The third-order valence-electron chi connectivity index (χ3n) is 9.51. The molecule has 0 radical (unpaired) electrons. The van der Waals surface area contributed by atoms with Crippen LogP contribution < -0.4 is 0 Å². The van der Waals surface area contributed by atoms with Crippen molar-refractivity contribution in [1.82, 2.24) is 0 Å². The summed E-state index contributed by atoms with van der Waals surface area (Å²) in [5.74, 6) is -3.88. The molecule has 0 rings (SSSR count). The summed E-state index contributed by atoms with van der Waals surface area (Å²) in [4.78, 5) is 62.1. The summed E-state index contributed by atoms with van der Waals surface area (Å²) in [5, 5.41) is 50.8. The average Bonchev–Trinajstić information content (AvgIpc) is 3.07. The summed E-state index contributed by atoms with van der Waals surface area (Å²) in [6.07, 6.45) is 3.15. The maximum atomic E-state index is 13.2. The zero-order valence-corrected chi connectivity index (χ0v) is 35.0. The average molecular weight is 805 g/mol. The molecule has 5 N–H and O–H groups in total. The zero-order valence-electron chi connectivity index (χ0n) is 35.0. The zero-order chi connectivity index (χ0) is 42.3. The molecule has 0 aliphatic heterocycles. The van der Waals surface area contributed by atoms with Crippen molar-refractivity contribution in [1.29, 1.82) is 0 Å². The molecule has 56 heavy (non-hydrogen) atoms. The Hall–Kier alpha value is -2.81. The fourth-order valence-electron chi connectivity index (χ4n) is 6.63. The Morgan fingerprint density at radius 3 is 1.16 bits per heavy atom. The number of carboxylic acid groups (broad SMARTS) is 1. The molecule has 0 amide bonds. The highest BCUT2D eigenvalue weighted by Crippen LogP contribution is 2.22. The van der Waals surface area contributed by atoms with E-state index in [1.54, 1.807) is 0 Å². The van der Waals surface area contributed by atoms with Crippen LogP contribution in [0.4, 0.5) is 0 Å². The molecule has 328 valence electrons. The van der Waals surface area contributed by atoms with Crippen molar-refractivity contribution in [3.63, 3.8) is 0 Å². The highest BCUT2D eigenvalue weighted by Gasteiger charge is 2.29. The Bertz CT molecular complexity index is 1070. The monoisotopic (exact) mass is 805 g/mol. The lowest BCUT2D eigenvalue weighted by molar-refractivity contribution is -0.161. The molecule has 8 atom stereocenters. The molecular weight excluding hydrogens is 728 g/mol. The van der Waals surface area contributed by atoms with Gasteiger partial charge in [-0.1, -0.05) is 85.5 Å². The second kappa shape index (κ2) is 33.2. The Balaban J connectivity index is 5.57. The number of aliphatic hydroxyl groups excluding tert-OH is 4. The lowest BCUT2D eigenvalue weighted by atomic mass is 10.0. The highest BCUT2D eigenvalue weighted by molar-refractivity contribution is 5.72. The number of carbonyl (C=O) groups is 5. The minimum atomic E-state index is -1.20. The van der Waals surface area contributed by atoms with Crippen LogP contribution in [0.1, 0.15) is 189 Å². The molecule has 0 spiro atoms. The summed E-state index contributed by atoms with van der Waals surface area (Å²) in [6, 6.07) is 0. The Morgan fingerprint density at radius 1 is 0.411 bits per heavy atom. The number of unbranched alkanes of at least 4 members (excludes halogenated alkanes) is 8. The lowest BCUT2D eigenvalue weighted by Crippen LogP contribution is -2.32. The van der Waals surface area contributed by atoms with Crippen molar-refractivity contribution in [2.45, 2.75) is 238 Å². The van der Waals surface area contributed by atoms with Crippen molar-refractivity contribution in [3.8, 4) is 0 Å². The van der Waals surface area contributed by atoms with E-state index in [-0.39, 0.29) is 38.5 Å². The molecule has 0 aromatic carbocycles. The van der Waals surface area contributed by atoms with E-state index in [4.69, 9.17) is 24.1 Å². The number of hydrogen-bond acceptors (Lipinski definition) is 13. The molecule has 0 bridgehead atoms. The third kappa shape index (κ3) is 30.3. The third-order valence-corrected chi connectivity index (χ3v) is 9.51. The van der Waals surface area contributed by atoms with Gasteiger partial charge in [0.2, 0.25) is 0 Å². The number of aliphatic hydroxyl groups is 4. The van der Waals surface area contributed by atoms with E-state index in [1.807, 2.05) is 20.8 Å². The van der Waals surface area contributed by atoms with Gasteiger partial charge in [-0.3, -0.25) is 24.0 Å². The molecule has 0 aliphatic rings. The number of esters is 4. The van der Waals surface area contributed by atoms with Crippen molar-refractivity contribution in [2.75, 3.05) is 0 Å². The first-order valence-corrected chi connectivity index (χ1v) is 21.3. The van der Waals surface area contributed by atoms with Gasteiger partial charge in [-0.2, -0.15) is 0 Å². The molecular formula is C42H76O14. The SMILES string of the molecule is CCCCCC(O)C[C@@H](O)CC(=O)OC(CCCCC)C[C@@H](O)CC(=O)OC(CCCCC)C[C@H](CC(=O)OC(CCCCC)C[C@@H](O)CC(=O)O)OC(C)=O. The van der Waals surface area contributed by atoms with Crippen LogP contribution in [0.25, 0.3) is 0 Å². The first-order valence-electron chi connectivity index (χ1n) is 21.3. The Morgan fingerprint density at radius 2 is 0.768 bits per heavy atom. The van der Waals surface area contributed by atoms with Gasteiger partial charge in [0, 0.05) is 26.2 Å². The van der Waals surface area contributed by atoms with Gasteiger partial charge in [0.25, 0.3) is 0 Å². The number of aliphatic carboxylic acids is 1. The second-order valence-electron chi connectivity index (χ2n) is 15.3. The van der Waals surface area contributed by atoms with E-state index in [0.717, 1.165) is 64.2 Å². The van der Waals surface area contributed by atoms with E-state index < -0.39 is 91.5 Å². The van der Waals surface area contributed by atoms with Gasteiger partial charge in [-0.15, -0.1) is 0 Å². The predicted octanol–water partition coefficient (Wildman–Crippen LogP) is 6.62. The summed E-state index contributed by atoms with van der Waals surface area (Å²) >= 11 is 0. The lowest BCUT2D eigenvalue weighted by Gasteiger charge is -2.26. The fraction of sp³-hybridized carbons (Fsp3) is 0.881. The van der Waals surface area contributed by atoms with Crippen LogP contribution in [0.15, 0.2) is 0 Å². The maximum Gasteiger partial charge on any atom is 0.309 e. The van der Waals surface area contributed by atoms with Gasteiger partial charge in [-0.05, 0) is 51.4 Å². The minimum Gasteiger partial charge on any atom is -0.481 e. The predicted molar refractivity (Wildman–Crippen MR) is 210 cm³/mol. The largest absolute Gasteiger partial charge is 0.481 e. The number of carbonyl (C=O) groups excluding carboxylic acids is 4. The van der Waals surface area contributed by atoms with Crippen LogP contribution >= 0.6 is 0 Å². The number of rotatable bonds is 36. The van der Waals surface area contributed by atoms with Crippen LogP contribution in [-0.4, -0.2) is 104 Å². The Labute approximate surface area is 335 Å². The van der Waals surface area contributed by atoms with Crippen molar-refractivity contribution in [2.24, 2.45) is 0 Å². The standard InChI is InChI=1S/C42H76O14/c1-6-10-14-18-31(44)22-32(45)26-40(50)54-36(20-16-12-8-3)24-34(47)27-41(51)56-37(21-17-13-9-4)28-38(53-30(5)43)29-42(52)55-35(19-15-11-7-2)23-33(46)25-39(48)49/h31-38,44-47H,6-29H2,1-5H3,(H,48,49)/t31?,32-,33-,34-,35?,36?,37?,38-/m1/s1. The molecule has 14 nitrogen and oxygen atoms in total. The van der Waals surface area contributed by atoms with Crippen LogP contribution in [0.5, 0.6) is 0 Å². The number of hydrogen-bond donors (Lipinski definition) is 5. The van der Waals surface area contributed by atoms with Crippen molar-refractivity contribution >= 4 is 29.8 Å². The molecule has 0 saturated carbocycles. The molecule has 0 fully saturated rings. The van der Waals surface area contributed by atoms with Crippen LogP contribution in [0.2, 0.25) is 0 Å². The molecule has 0 saturated heterocycles. The van der Waals surface area contributed by atoms with E-state index in [1.165, 1.54) is 6.92 Å². The highest BCUT2D eigenvalue weighted by atomic mass is 16.6. The molecule has 0 aliphatic carbocycles. The van der Waals surface area contributed by atoms with Gasteiger partial charge in [0.1, 0.15) is 24.4 Å². The molecule has 14 heteroatoms. The minimum absolute atomic E-state index is 0.00471. The van der Waals surface area contributed by atoms with E-state index >= 15 is 0 Å². The molecule has 0 aromatic heterocycles. The summed E-state index contributed by atoms with van der Waals surface area (Å²) in [5.41, 5.74) is 0. The van der Waals surface area contributed by atoms with Gasteiger partial charge in [-0.25, -0.2) is 0 Å². The number of carboxylic acids is 1. The van der Waals surface area contributed by atoms with Gasteiger partial charge >= 0.3 is 29.8 Å². The summed E-state index contributed by atoms with van der Waals surface area (Å²) < 4.78 is 22.5. The Kier molecular flexibility index (Phi) is 31.5. The van der Waals surface area contributed by atoms with Crippen molar-refractivity contribution < 1.29 is 68.5 Å². The van der Waals surface area contributed by atoms with E-state index in [2.05, 4.69) is 6.92 Å². The topological polar surface area (TPSA) is 223 Å². The number of ether oxygens (including phenoxy) is 4. The first-order chi connectivity index (χ1) is 26.6. The molecule has 4 unspecified atom stereocenters. The maximum absolute atomic E-state index is 13.2. The van der Waals surface area contributed by atoms with Crippen LogP contribution in [0.3, 0.4) is 0 Å². The normalized spacial score (nSPS) is 15.7. The quantitative estimate of drug-likeness (QED) is 0.0255. The summed E-state index contributed by atoms with van der Waals surface area (Å²) in [7, 11) is 0. The van der Waals surface area contributed by atoms with Crippen LogP contribution in [-0.2, 0) is 42.9 Å². The first kappa shape index (κ1) is 53.2. The van der Waals surface area contributed by atoms with Gasteiger partial charge in [0.15, 0.2) is 0 Å². The van der Waals surface area contributed by atoms with Gasteiger partial charge < -0.3 is 44.5 Å². The van der Waals surface area contributed by atoms with E-state index in [0.29, 0.717) is 38.5 Å². The summed E-state index contributed by atoms with van der Waals surface area (Å²) in [6.45, 7) is 9.31. The van der Waals surface area contributed by atoms with E-state index in [9.17, 15) is 44.4 Å². The molecule has 0 heterocycles. The smallest absolute Gasteiger partial charge is 0.309 e. The molecule has 0 aromatic rings. The second-order valence-corrected chi connectivity index (χ2v) is 15.3. The van der Waals surface area contributed by atoms with Gasteiger partial charge in [0.05, 0.1) is 50.1 Å². The van der Waals surface area contributed by atoms with Crippen molar-refractivity contribution in [3.05, 3.63) is 0 Å².